The Morgan fingerprint density at radius 3 is 2.70 bits per heavy atom. The summed E-state index contributed by atoms with van der Waals surface area (Å²) >= 11 is 8.35. The first kappa shape index (κ1) is 17.4. The highest BCUT2D eigenvalue weighted by Gasteiger charge is 2.13. The third-order valence-corrected chi connectivity index (χ3v) is 4.03. The fourth-order valence-corrected chi connectivity index (χ4v) is 2.77. The van der Waals surface area contributed by atoms with Crippen LogP contribution in [0.15, 0.2) is 41.4 Å². The molecule has 1 aliphatic heterocycles. The van der Waals surface area contributed by atoms with Crippen LogP contribution >= 0.6 is 28.1 Å². The summed E-state index contributed by atoms with van der Waals surface area (Å²) in [6, 6.07) is 5.79. The highest BCUT2D eigenvalue weighted by molar-refractivity contribution is 9.11. The maximum atomic E-state index is 5.46. The van der Waals surface area contributed by atoms with Gasteiger partial charge in [-0.2, -0.15) is 0 Å². The van der Waals surface area contributed by atoms with E-state index in [1.54, 1.807) is 19.2 Å². The van der Waals surface area contributed by atoms with Crippen molar-refractivity contribution in [3.8, 4) is 11.5 Å². The molecule has 8 heteroatoms. The first-order valence-electron chi connectivity index (χ1n) is 6.91. The van der Waals surface area contributed by atoms with E-state index in [1.807, 2.05) is 36.8 Å². The molecule has 2 rings (SSSR count). The summed E-state index contributed by atoms with van der Waals surface area (Å²) in [6.45, 7) is 0.776. The van der Waals surface area contributed by atoms with E-state index in [9.17, 15) is 0 Å². The summed E-state index contributed by atoms with van der Waals surface area (Å²) in [5.74, 6) is 1.67. The van der Waals surface area contributed by atoms with Gasteiger partial charge >= 0.3 is 0 Å². The van der Waals surface area contributed by atoms with Crippen molar-refractivity contribution in [3.63, 3.8) is 0 Å². The smallest absolute Gasteiger partial charge is 0.183 e. The number of nitrogens with zero attached hydrogens (tertiary/aromatic N) is 2. The van der Waals surface area contributed by atoms with E-state index in [-0.39, 0.29) is 5.11 Å². The molecule has 0 saturated heterocycles. The van der Waals surface area contributed by atoms with Gasteiger partial charge in [-0.3, -0.25) is 10.4 Å². The number of rotatable bonds is 6. The van der Waals surface area contributed by atoms with Crippen LogP contribution in [-0.4, -0.2) is 35.8 Å². The van der Waals surface area contributed by atoms with Crippen LogP contribution in [0.25, 0.3) is 0 Å². The number of hydrogen-bond donors (Lipinski definition) is 2. The largest absolute Gasteiger partial charge is 0.497 e. The standard InChI is InChI=1S/C15H19BrN4O2S/c1-21-12-3-4-13(22-2)11(9-12)5-6-19-7-8-20(10-14(19)16)18-15(17)23/h3-4,7-10H,5-6H2,1-2H3,(H3,17,18,23). The zero-order valence-corrected chi connectivity index (χ0v) is 15.4. The van der Waals surface area contributed by atoms with Gasteiger partial charge in [0.05, 0.1) is 20.4 Å². The predicted octanol–water partition coefficient (Wildman–Crippen LogP) is 2.28. The van der Waals surface area contributed by atoms with Crippen LogP contribution in [-0.2, 0) is 6.42 Å². The van der Waals surface area contributed by atoms with Gasteiger partial charge in [0.25, 0.3) is 0 Å². The summed E-state index contributed by atoms with van der Waals surface area (Å²) in [5.41, 5.74) is 9.37. The molecule has 0 saturated carbocycles. The molecule has 0 radical (unpaired) electrons. The van der Waals surface area contributed by atoms with E-state index in [2.05, 4.69) is 26.3 Å². The lowest BCUT2D eigenvalue weighted by Gasteiger charge is -2.28. The van der Waals surface area contributed by atoms with Gasteiger partial charge in [0.1, 0.15) is 16.1 Å². The molecule has 0 amide bonds. The predicted molar refractivity (Wildman–Crippen MR) is 97.9 cm³/mol. The minimum absolute atomic E-state index is 0.209. The first-order chi connectivity index (χ1) is 11.0. The number of methoxy groups -OCH3 is 2. The fourth-order valence-electron chi connectivity index (χ4n) is 2.15. The molecular formula is C15H19BrN4O2S. The zero-order valence-electron chi connectivity index (χ0n) is 13.0. The van der Waals surface area contributed by atoms with E-state index in [0.29, 0.717) is 0 Å². The van der Waals surface area contributed by atoms with Gasteiger partial charge in [0.15, 0.2) is 5.11 Å². The van der Waals surface area contributed by atoms with Crippen molar-refractivity contribution in [3.05, 3.63) is 47.0 Å². The molecule has 124 valence electrons. The summed E-state index contributed by atoms with van der Waals surface area (Å²) in [7, 11) is 3.32. The molecule has 0 aliphatic carbocycles. The molecule has 6 nitrogen and oxygen atoms in total. The molecule has 0 aromatic heterocycles. The molecule has 3 N–H and O–H groups in total. The van der Waals surface area contributed by atoms with Gasteiger partial charge in [-0.25, -0.2) is 0 Å². The second-order valence-corrected chi connectivity index (χ2v) is 6.01. The molecule has 1 aromatic carbocycles. The lowest BCUT2D eigenvalue weighted by atomic mass is 10.1. The zero-order chi connectivity index (χ0) is 16.8. The van der Waals surface area contributed by atoms with E-state index < -0.39 is 0 Å². The first-order valence-corrected chi connectivity index (χ1v) is 8.11. The maximum absolute atomic E-state index is 5.46. The summed E-state index contributed by atoms with van der Waals surface area (Å²) in [5, 5.41) is 1.90. The topological polar surface area (TPSA) is 63.0 Å². The molecule has 0 atom stereocenters. The second-order valence-electron chi connectivity index (χ2n) is 4.75. The molecule has 0 bridgehead atoms. The number of hydrazine groups is 1. The SMILES string of the molecule is COc1ccc(OC)c(CCN2C=CN(NC(N)=S)C=C2Br)c1. The summed E-state index contributed by atoms with van der Waals surface area (Å²) in [4.78, 5) is 2.07. The average Bonchev–Trinajstić information content (AvgIpc) is 2.53. The van der Waals surface area contributed by atoms with E-state index in [0.717, 1.165) is 34.6 Å². The number of nitrogens with two attached hydrogens (primary N) is 1. The molecule has 1 aliphatic rings. The normalized spacial score (nSPS) is 13.6. The van der Waals surface area contributed by atoms with Gasteiger partial charge in [-0.05, 0) is 58.3 Å². The van der Waals surface area contributed by atoms with Crippen molar-refractivity contribution in [1.29, 1.82) is 0 Å². The highest BCUT2D eigenvalue weighted by Crippen LogP contribution is 2.26. The van der Waals surface area contributed by atoms with Crippen molar-refractivity contribution in [2.24, 2.45) is 5.73 Å². The Balaban J connectivity index is 2.02. The molecule has 0 fully saturated rings. The van der Waals surface area contributed by atoms with E-state index in [4.69, 9.17) is 27.4 Å². The Morgan fingerprint density at radius 2 is 2.09 bits per heavy atom. The number of thiocarbonyl (C=S) groups is 1. The highest BCUT2D eigenvalue weighted by atomic mass is 79.9. The minimum atomic E-state index is 0.209. The van der Waals surface area contributed by atoms with Gasteiger partial charge in [0, 0.05) is 18.9 Å². The lowest BCUT2D eigenvalue weighted by molar-refractivity contribution is 0.382. The maximum Gasteiger partial charge on any atom is 0.183 e. The monoisotopic (exact) mass is 398 g/mol. The van der Waals surface area contributed by atoms with Crippen LogP contribution in [0.3, 0.4) is 0 Å². The van der Waals surface area contributed by atoms with Crippen molar-refractivity contribution in [1.82, 2.24) is 15.3 Å². The van der Waals surface area contributed by atoms with Gasteiger partial charge < -0.3 is 20.1 Å². The van der Waals surface area contributed by atoms with Gasteiger partial charge in [-0.15, -0.1) is 0 Å². The number of benzene rings is 1. The fraction of sp³-hybridized carbons (Fsp3) is 0.267. The van der Waals surface area contributed by atoms with Crippen LogP contribution in [0.2, 0.25) is 0 Å². The molecule has 0 unspecified atom stereocenters. The lowest BCUT2D eigenvalue weighted by Crippen LogP contribution is -2.40. The van der Waals surface area contributed by atoms with Gasteiger partial charge in [0.2, 0.25) is 0 Å². The quantitative estimate of drug-likeness (QED) is 0.562. The average molecular weight is 399 g/mol. The summed E-state index contributed by atoms with van der Waals surface area (Å²) < 4.78 is 11.6. The van der Waals surface area contributed by atoms with Crippen molar-refractivity contribution < 1.29 is 9.47 Å². The Morgan fingerprint density at radius 1 is 1.30 bits per heavy atom. The number of halogens is 1. The third kappa shape index (κ3) is 4.77. The van der Waals surface area contributed by atoms with Crippen molar-refractivity contribution in [2.75, 3.05) is 20.8 Å². The Hall–Kier alpha value is -1.93. The number of nitrogens with one attached hydrogen (secondary N) is 1. The molecule has 23 heavy (non-hydrogen) atoms. The second kappa shape index (κ2) is 8.07. The van der Waals surface area contributed by atoms with Gasteiger partial charge in [-0.1, -0.05) is 0 Å². The molecule has 1 aromatic rings. The Bertz CT molecular complexity index is 636. The third-order valence-electron chi connectivity index (χ3n) is 3.28. The minimum Gasteiger partial charge on any atom is -0.497 e. The van der Waals surface area contributed by atoms with Crippen molar-refractivity contribution in [2.45, 2.75) is 6.42 Å². The molecular weight excluding hydrogens is 380 g/mol. The summed E-state index contributed by atoms with van der Waals surface area (Å²) in [6.07, 6.45) is 6.42. The van der Waals surface area contributed by atoms with Crippen molar-refractivity contribution >= 4 is 33.3 Å². The van der Waals surface area contributed by atoms with Crippen LogP contribution in [0.5, 0.6) is 11.5 Å². The van der Waals surface area contributed by atoms with Crippen LogP contribution in [0, 0.1) is 0 Å². The Kier molecular flexibility index (Phi) is 6.12. The van der Waals surface area contributed by atoms with Crippen LogP contribution in [0.4, 0.5) is 0 Å². The van der Waals surface area contributed by atoms with Crippen LogP contribution < -0.4 is 20.6 Å². The van der Waals surface area contributed by atoms with Crippen LogP contribution in [0.1, 0.15) is 5.56 Å². The Labute approximate surface area is 149 Å². The number of ether oxygens (including phenoxy) is 2. The molecule has 0 spiro atoms. The molecule has 1 heterocycles. The van der Waals surface area contributed by atoms with E-state index >= 15 is 0 Å². The van der Waals surface area contributed by atoms with E-state index in [1.165, 1.54) is 0 Å². The number of hydrogen-bond acceptors (Lipinski definition) is 5.